The zero-order chi connectivity index (χ0) is 18.1. The van der Waals surface area contributed by atoms with Crippen LogP contribution < -0.4 is 0 Å². The number of halogens is 1. The maximum atomic E-state index is 13.0. The van der Waals surface area contributed by atoms with Gasteiger partial charge in [-0.2, -0.15) is 0 Å². The fraction of sp³-hybridized carbons (Fsp3) is 0.333. The second-order valence-electron chi connectivity index (χ2n) is 6.16. The maximum absolute atomic E-state index is 13.0. The highest BCUT2D eigenvalue weighted by Crippen LogP contribution is 2.31. The van der Waals surface area contributed by atoms with Gasteiger partial charge in [0.05, 0.1) is 16.0 Å². The normalized spacial score (nSPS) is 20.3. The summed E-state index contributed by atoms with van der Waals surface area (Å²) >= 11 is 6.13. The number of nitro benzene ring substituents is 1. The van der Waals surface area contributed by atoms with Crippen molar-refractivity contribution >= 4 is 29.0 Å². The molecule has 0 radical (unpaired) electrons. The van der Waals surface area contributed by atoms with Crippen LogP contribution in [0.15, 0.2) is 41.6 Å². The molecule has 1 saturated heterocycles. The van der Waals surface area contributed by atoms with E-state index in [0.29, 0.717) is 48.2 Å². The molecular weight excluding hydrogens is 344 g/mol. The summed E-state index contributed by atoms with van der Waals surface area (Å²) < 4.78 is 0. The number of nitro groups is 1. The number of fused-ring (bicyclic) bond motifs is 1. The first-order valence-corrected chi connectivity index (χ1v) is 8.48. The Morgan fingerprint density at radius 1 is 1.40 bits per heavy atom. The second-order valence-corrected chi connectivity index (χ2v) is 6.72. The van der Waals surface area contributed by atoms with Crippen LogP contribution >= 0.6 is 11.6 Å². The lowest BCUT2D eigenvalue weighted by atomic mass is 9.97. The Balaban J connectivity index is 1.98. The third-order valence-corrected chi connectivity index (χ3v) is 4.74. The van der Waals surface area contributed by atoms with Crippen LogP contribution in [0.25, 0.3) is 0 Å². The fourth-order valence-electron chi connectivity index (χ4n) is 3.17. The molecule has 7 heteroatoms. The predicted molar refractivity (Wildman–Crippen MR) is 93.5 cm³/mol. The second kappa shape index (κ2) is 6.80. The van der Waals surface area contributed by atoms with Gasteiger partial charge in [0, 0.05) is 36.2 Å². The van der Waals surface area contributed by atoms with Gasteiger partial charge in [-0.1, -0.05) is 12.2 Å². The van der Waals surface area contributed by atoms with E-state index in [9.17, 15) is 19.7 Å². The molecule has 0 N–H and O–H groups in total. The maximum Gasteiger partial charge on any atom is 0.269 e. The highest BCUT2D eigenvalue weighted by Gasteiger charge is 2.31. The van der Waals surface area contributed by atoms with E-state index in [2.05, 4.69) is 0 Å². The van der Waals surface area contributed by atoms with Crippen molar-refractivity contribution in [3.8, 4) is 0 Å². The van der Waals surface area contributed by atoms with Crippen LogP contribution in [-0.4, -0.2) is 33.4 Å². The van der Waals surface area contributed by atoms with Gasteiger partial charge in [-0.05, 0) is 31.4 Å². The van der Waals surface area contributed by atoms with Crippen LogP contribution in [0.4, 0.5) is 5.69 Å². The third kappa shape index (κ3) is 3.35. The van der Waals surface area contributed by atoms with Gasteiger partial charge in [0.1, 0.15) is 0 Å². The average Bonchev–Trinajstić information content (AvgIpc) is 2.73. The van der Waals surface area contributed by atoms with Crippen LogP contribution in [0.1, 0.15) is 35.2 Å². The van der Waals surface area contributed by atoms with Crippen LogP contribution in [0.3, 0.4) is 0 Å². The Kier molecular flexibility index (Phi) is 4.72. The largest absolute Gasteiger partial charge is 0.308 e. The summed E-state index contributed by atoms with van der Waals surface area (Å²) in [5.41, 5.74) is 1.97. The molecule has 6 nitrogen and oxygen atoms in total. The molecule has 0 saturated carbocycles. The van der Waals surface area contributed by atoms with Gasteiger partial charge in [0.15, 0.2) is 5.78 Å². The van der Waals surface area contributed by atoms with Crippen molar-refractivity contribution < 1.29 is 14.5 Å². The first kappa shape index (κ1) is 17.4. The number of alkyl halides is 1. The minimum absolute atomic E-state index is 0.00711. The molecule has 1 aromatic rings. The summed E-state index contributed by atoms with van der Waals surface area (Å²) in [5.74, 6) is -0.264. The summed E-state index contributed by atoms with van der Waals surface area (Å²) in [4.78, 5) is 37.3. The first-order chi connectivity index (χ1) is 11.9. The molecule has 1 atom stereocenters. The number of hydrogen-bond acceptors (Lipinski definition) is 4. The van der Waals surface area contributed by atoms with E-state index in [0.717, 1.165) is 0 Å². The summed E-state index contributed by atoms with van der Waals surface area (Å²) in [5, 5.41) is 10.6. The fourth-order valence-corrected chi connectivity index (χ4v) is 3.39. The van der Waals surface area contributed by atoms with Gasteiger partial charge in [-0.25, -0.2) is 0 Å². The molecule has 1 unspecified atom stereocenters. The SMILES string of the molecule is Cc1cc([N+](=O)[O-])ccc1C(=O)N1CCCC(=O)C2=CC(Cl)CC=C21. The van der Waals surface area contributed by atoms with E-state index in [1.165, 1.54) is 18.2 Å². The number of hydrogen-bond donors (Lipinski definition) is 0. The summed E-state index contributed by atoms with van der Waals surface area (Å²) in [6, 6.07) is 4.18. The number of ketones is 1. The van der Waals surface area contributed by atoms with E-state index in [4.69, 9.17) is 11.6 Å². The number of benzene rings is 1. The highest BCUT2D eigenvalue weighted by atomic mass is 35.5. The Hall–Kier alpha value is -2.47. The van der Waals surface area contributed by atoms with Crippen molar-refractivity contribution in [2.45, 2.75) is 31.6 Å². The predicted octanol–water partition coefficient (Wildman–Crippen LogP) is 3.53. The summed E-state index contributed by atoms with van der Waals surface area (Å²) in [6.07, 6.45) is 5.03. The molecular formula is C18H17ClN2O4. The van der Waals surface area contributed by atoms with Gasteiger partial charge < -0.3 is 4.90 Å². The molecule has 3 rings (SSSR count). The molecule has 1 aliphatic carbocycles. The van der Waals surface area contributed by atoms with Crippen LogP contribution in [0.2, 0.25) is 0 Å². The molecule has 1 heterocycles. The summed E-state index contributed by atoms with van der Waals surface area (Å²) in [6.45, 7) is 2.10. The number of rotatable bonds is 2. The molecule has 0 spiro atoms. The number of likely N-dealkylation sites (tertiary alicyclic amines) is 1. The topological polar surface area (TPSA) is 80.5 Å². The molecule has 130 valence electrons. The molecule has 1 aliphatic heterocycles. The monoisotopic (exact) mass is 360 g/mol. The van der Waals surface area contributed by atoms with Crippen molar-refractivity contribution in [1.29, 1.82) is 0 Å². The first-order valence-electron chi connectivity index (χ1n) is 8.05. The summed E-state index contributed by atoms with van der Waals surface area (Å²) in [7, 11) is 0. The highest BCUT2D eigenvalue weighted by molar-refractivity contribution is 6.22. The van der Waals surface area contributed by atoms with Crippen molar-refractivity contribution in [2.75, 3.05) is 6.54 Å². The Morgan fingerprint density at radius 2 is 2.16 bits per heavy atom. The van der Waals surface area contributed by atoms with Crippen molar-refractivity contribution in [1.82, 2.24) is 4.90 Å². The molecule has 0 aromatic heterocycles. The number of aryl methyl sites for hydroxylation is 1. The van der Waals surface area contributed by atoms with Gasteiger partial charge in [0.2, 0.25) is 0 Å². The third-order valence-electron chi connectivity index (χ3n) is 4.43. The minimum Gasteiger partial charge on any atom is -0.308 e. The molecule has 1 aromatic carbocycles. The number of amides is 1. The lowest BCUT2D eigenvalue weighted by Crippen LogP contribution is -2.33. The van der Waals surface area contributed by atoms with Crippen molar-refractivity contribution in [3.05, 3.63) is 62.9 Å². The average molecular weight is 361 g/mol. The van der Waals surface area contributed by atoms with E-state index in [1.54, 1.807) is 17.9 Å². The smallest absolute Gasteiger partial charge is 0.269 e. The Bertz CT molecular complexity index is 828. The minimum atomic E-state index is -0.489. The number of nitrogens with zero attached hydrogens (tertiary/aromatic N) is 2. The zero-order valence-corrected chi connectivity index (χ0v) is 14.5. The Morgan fingerprint density at radius 3 is 2.84 bits per heavy atom. The van der Waals surface area contributed by atoms with Gasteiger partial charge in [0.25, 0.3) is 11.6 Å². The van der Waals surface area contributed by atoms with Crippen molar-refractivity contribution in [2.24, 2.45) is 0 Å². The van der Waals surface area contributed by atoms with Crippen LogP contribution in [0.5, 0.6) is 0 Å². The number of non-ortho nitro benzene ring substituents is 1. The quantitative estimate of drug-likeness (QED) is 0.459. The standard InChI is InChI=1S/C18H17ClN2O4/c1-11-9-13(21(24)25)5-6-14(11)18(23)20-8-2-3-17(22)15-10-12(19)4-7-16(15)20/h5-7,9-10,12H,2-4,8H2,1H3. The molecule has 0 bridgehead atoms. The molecule has 2 aliphatic rings. The van der Waals surface area contributed by atoms with Gasteiger partial charge in [-0.3, -0.25) is 19.7 Å². The lowest BCUT2D eigenvalue weighted by Gasteiger charge is -2.27. The van der Waals surface area contributed by atoms with E-state index in [1.807, 2.05) is 6.08 Å². The van der Waals surface area contributed by atoms with Gasteiger partial charge in [-0.15, -0.1) is 11.6 Å². The number of carbonyl (C=O) groups is 2. The molecule has 1 amide bonds. The molecule has 1 fully saturated rings. The van der Waals surface area contributed by atoms with E-state index in [-0.39, 0.29) is 22.8 Å². The van der Waals surface area contributed by atoms with Crippen LogP contribution in [-0.2, 0) is 4.79 Å². The molecule has 25 heavy (non-hydrogen) atoms. The van der Waals surface area contributed by atoms with Gasteiger partial charge >= 0.3 is 0 Å². The Labute approximate surface area is 149 Å². The zero-order valence-electron chi connectivity index (χ0n) is 13.7. The van der Waals surface area contributed by atoms with E-state index >= 15 is 0 Å². The lowest BCUT2D eigenvalue weighted by molar-refractivity contribution is -0.384. The van der Waals surface area contributed by atoms with E-state index < -0.39 is 4.92 Å². The number of carbonyl (C=O) groups excluding carboxylic acids is 2. The number of Topliss-reactive ketones (excluding diaryl/α,β-unsaturated/α-hetero) is 1. The van der Waals surface area contributed by atoms with Crippen LogP contribution in [0, 0.1) is 17.0 Å². The van der Waals surface area contributed by atoms with Crippen molar-refractivity contribution in [3.63, 3.8) is 0 Å². The number of allylic oxidation sites excluding steroid dienone is 3.